The van der Waals surface area contributed by atoms with E-state index in [1.165, 1.54) is 24.3 Å². The highest BCUT2D eigenvalue weighted by atomic mass is 79.9. The summed E-state index contributed by atoms with van der Waals surface area (Å²) >= 11 is 8.24. The van der Waals surface area contributed by atoms with Crippen LogP contribution in [-0.4, -0.2) is 12.5 Å². The van der Waals surface area contributed by atoms with Gasteiger partial charge in [-0.3, -0.25) is 4.79 Å². The third kappa shape index (κ3) is 3.09. The lowest BCUT2D eigenvalue weighted by atomic mass is 10.1. The highest BCUT2D eigenvalue weighted by Crippen LogP contribution is 2.34. The van der Waals surface area contributed by atoms with Crippen molar-refractivity contribution in [1.29, 1.82) is 0 Å². The molecule has 0 atom stereocenters. The van der Waals surface area contributed by atoms with Crippen molar-refractivity contribution in [1.82, 2.24) is 0 Å². The smallest absolute Gasteiger partial charge is 0.298 e. The topological polar surface area (TPSA) is 17.1 Å². The van der Waals surface area contributed by atoms with E-state index >= 15 is 0 Å². The molecule has 1 nitrogen and oxygen atoms in total. The van der Waals surface area contributed by atoms with Crippen molar-refractivity contribution in [2.75, 3.05) is 0 Å². The fourth-order valence-electron chi connectivity index (χ4n) is 1.03. The maximum Gasteiger partial charge on any atom is 0.427 e. The van der Waals surface area contributed by atoms with E-state index in [9.17, 15) is 18.0 Å². The Bertz CT molecular complexity index is 423. The zero-order valence-electron chi connectivity index (χ0n) is 7.68. The zero-order chi connectivity index (χ0) is 12.3. The maximum atomic E-state index is 12.3. The Balaban J connectivity index is 3.27. The standard InChI is InChI=1S/C10H5BrClF3O/c11-7-3-1-6(2-4-7)8(5-16)9(12)10(13,14)15/h1-5H/b9-8-. The fourth-order valence-corrected chi connectivity index (χ4v) is 1.45. The van der Waals surface area contributed by atoms with Crippen molar-refractivity contribution in [3.05, 3.63) is 39.3 Å². The molecule has 1 aromatic carbocycles. The molecule has 1 aromatic rings. The van der Waals surface area contributed by atoms with E-state index in [0.29, 0.717) is 4.47 Å². The summed E-state index contributed by atoms with van der Waals surface area (Å²) in [6.45, 7) is 0. The van der Waals surface area contributed by atoms with Gasteiger partial charge in [0.2, 0.25) is 0 Å². The summed E-state index contributed by atoms with van der Waals surface area (Å²) in [7, 11) is 0. The summed E-state index contributed by atoms with van der Waals surface area (Å²) in [5, 5.41) is -1.41. The Morgan fingerprint density at radius 2 is 1.75 bits per heavy atom. The SMILES string of the molecule is O=C/C(=C(/Cl)C(F)(F)F)c1ccc(Br)cc1. The summed E-state index contributed by atoms with van der Waals surface area (Å²) < 4.78 is 37.6. The molecule has 1 rings (SSSR count). The molecule has 0 N–H and O–H groups in total. The highest BCUT2D eigenvalue weighted by molar-refractivity contribution is 9.10. The molecule has 0 saturated heterocycles. The van der Waals surface area contributed by atoms with E-state index in [4.69, 9.17) is 11.6 Å². The Hall–Kier alpha value is -0.810. The van der Waals surface area contributed by atoms with Crippen LogP contribution < -0.4 is 0 Å². The van der Waals surface area contributed by atoms with Crippen LogP contribution in [0.5, 0.6) is 0 Å². The first-order valence-electron chi connectivity index (χ1n) is 4.04. The molecule has 16 heavy (non-hydrogen) atoms. The number of carbonyl (C=O) groups is 1. The normalized spacial score (nSPS) is 13.3. The lowest BCUT2D eigenvalue weighted by molar-refractivity contribution is -0.104. The van der Waals surface area contributed by atoms with Gasteiger partial charge in [-0.25, -0.2) is 0 Å². The molecule has 6 heteroatoms. The van der Waals surface area contributed by atoms with Gasteiger partial charge in [0.15, 0.2) is 6.29 Å². The molecule has 0 heterocycles. The van der Waals surface area contributed by atoms with Gasteiger partial charge < -0.3 is 0 Å². The molecule has 0 fully saturated rings. The molecule has 86 valence electrons. The monoisotopic (exact) mass is 312 g/mol. The number of carbonyl (C=O) groups excluding carboxylic acids is 1. The van der Waals surface area contributed by atoms with Gasteiger partial charge in [0.1, 0.15) is 5.03 Å². The number of alkyl halides is 3. The van der Waals surface area contributed by atoms with Gasteiger partial charge in [-0.05, 0) is 17.7 Å². The number of hydrogen-bond acceptors (Lipinski definition) is 1. The zero-order valence-corrected chi connectivity index (χ0v) is 10.0. The van der Waals surface area contributed by atoms with Crippen LogP contribution in [-0.2, 0) is 4.79 Å². The van der Waals surface area contributed by atoms with Crippen LogP contribution in [0.3, 0.4) is 0 Å². The summed E-state index contributed by atoms with van der Waals surface area (Å²) in [6, 6.07) is 5.81. The number of rotatable bonds is 2. The van der Waals surface area contributed by atoms with Crippen LogP contribution in [0.1, 0.15) is 5.56 Å². The van der Waals surface area contributed by atoms with Crippen LogP contribution in [0.15, 0.2) is 33.8 Å². The van der Waals surface area contributed by atoms with Crippen LogP contribution in [0, 0.1) is 0 Å². The van der Waals surface area contributed by atoms with E-state index in [1.807, 2.05) is 0 Å². The number of benzene rings is 1. The van der Waals surface area contributed by atoms with Gasteiger partial charge in [0.05, 0.1) is 0 Å². The van der Waals surface area contributed by atoms with E-state index in [1.54, 1.807) is 0 Å². The molecular formula is C10H5BrClF3O. The third-order valence-electron chi connectivity index (χ3n) is 1.76. The molecular weight excluding hydrogens is 308 g/mol. The van der Waals surface area contributed by atoms with Gasteiger partial charge >= 0.3 is 6.18 Å². The van der Waals surface area contributed by atoms with Gasteiger partial charge in [-0.2, -0.15) is 13.2 Å². The lowest BCUT2D eigenvalue weighted by Crippen LogP contribution is -2.10. The minimum absolute atomic E-state index is 0.0963. The Kier molecular flexibility index (Phi) is 4.15. The minimum atomic E-state index is -4.72. The molecule has 0 spiro atoms. The third-order valence-corrected chi connectivity index (χ3v) is 2.70. The molecule has 0 bridgehead atoms. The predicted octanol–water partition coefficient (Wildman–Crippen LogP) is 4.16. The first-order chi connectivity index (χ1) is 7.36. The summed E-state index contributed by atoms with van der Waals surface area (Å²) in [5.74, 6) is 0. The second-order valence-electron chi connectivity index (χ2n) is 2.85. The number of halogens is 5. The van der Waals surface area contributed by atoms with Crippen molar-refractivity contribution in [3.63, 3.8) is 0 Å². The van der Waals surface area contributed by atoms with E-state index in [0.717, 1.165) is 0 Å². The average Bonchev–Trinajstić information content (AvgIpc) is 2.20. The first-order valence-corrected chi connectivity index (χ1v) is 5.21. The molecule has 0 aliphatic heterocycles. The Labute approximate surface area is 103 Å². The first kappa shape index (κ1) is 13.3. The van der Waals surface area contributed by atoms with Gasteiger partial charge in [0, 0.05) is 10.0 Å². The second-order valence-corrected chi connectivity index (χ2v) is 4.14. The van der Waals surface area contributed by atoms with Crippen LogP contribution >= 0.6 is 27.5 Å². The molecule has 0 aromatic heterocycles. The average molecular weight is 314 g/mol. The quantitative estimate of drug-likeness (QED) is 0.592. The van der Waals surface area contributed by atoms with Crippen LogP contribution in [0.4, 0.5) is 13.2 Å². The van der Waals surface area contributed by atoms with Crippen molar-refractivity contribution in [2.45, 2.75) is 6.18 Å². The molecule has 0 saturated carbocycles. The maximum absolute atomic E-state index is 12.3. The predicted molar refractivity (Wildman–Crippen MR) is 59.0 cm³/mol. The Morgan fingerprint density at radius 3 is 2.12 bits per heavy atom. The van der Waals surface area contributed by atoms with Crippen LogP contribution in [0.25, 0.3) is 5.57 Å². The minimum Gasteiger partial charge on any atom is -0.298 e. The van der Waals surface area contributed by atoms with E-state index in [2.05, 4.69) is 15.9 Å². The number of allylic oxidation sites excluding steroid dienone is 2. The van der Waals surface area contributed by atoms with E-state index in [-0.39, 0.29) is 11.8 Å². The molecule has 0 unspecified atom stereocenters. The van der Waals surface area contributed by atoms with Crippen molar-refractivity contribution >= 4 is 39.4 Å². The molecule has 0 radical (unpaired) electrons. The lowest BCUT2D eigenvalue weighted by Gasteiger charge is -2.08. The fraction of sp³-hybridized carbons (Fsp3) is 0.100. The Morgan fingerprint density at radius 1 is 1.25 bits per heavy atom. The number of hydrogen-bond donors (Lipinski definition) is 0. The van der Waals surface area contributed by atoms with Crippen molar-refractivity contribution < 1.29 is 18.0 Å². The number of aldehydes is 1. The summed E-state index contributed by atoms with van der Waals surface area (Å²) in [5.41, 5.74) is -0.442. The van der Waals surface area contributed by atoms with Gasteiger partial charge in [0.25, 0.3) is 0 Å². The summed E-state index contributed by atoms with van der Waals surface area (Å²) in [6.07, 6.45) is -4.62. The van der Waals surface area contributed by atoms with Crippen LogP contribution in [0.2, 0.25) is 0 Å². The summed E-state index contributed by atoms with van der Waals surface area (Å²) in [4.78, 5) is 10.6. The van der Waals surface area contributed by atoms with Crippen molar-refractivity contribution in [3.8, 4) is 0 Å². The molecule has 0 aliphatic rings. The second kappa shape index (κ2) is 5.01. The van der Waals surface area contributed by atoms with E-state index < -0.39 is 16.8 Å². The highest BCUT2D eigenvalue weighted by Gasteiger charge is 2.35. The van der Waals surface area contributed by atoms with Crippen molar-refractivity contribution in [2.24, 2.45) is 0 Å². The largest absolute Gasteiger partial charge is 0.427 e. The van der Waals surface area contributed by atoms with Gasteiger partial charge in [-0.15, -0.1) is 0 Å². The molecule has 0 amide bonds. The van der Waals surface area contributed by atoms with Gasteiger partial charge in [-0.1, -0.05) is 39.7 Å². The molecule has 0 aliphatic carbocycles.